The van der Waals surface area contributed by atoms with Crippen molar-refractivity contribution in [2.45, 2.75) is 38.8 Å². The van der Waals surface area contributed by atoms with Crippen LogP contribution in [0.3, 0.4) is 0 Å². The van der Waals surface area contributed by atoms with Crippen LogP contribution in [0.4, 0.5) is 0 Å². The van der Waals surface area contributed by atoms with Gasteiger partial charge in [-0.15, -0.1) is 11.3 Å². The minimum atomic E-state index is -0.718. The molecule has 0 aromatic carbocycles. The maximum absolute atomic E-state index is 11.0. The summed E-state index contributed by atoms with van der Waals surface area (Å²) in [5.74, 6) is 0.686. The van der Waals surface area contributed by atoms with Crippen molar-refractivity contribution in [3.05, 3.63) is 16.1 Å². The Balaban J connectivity index is 1.55. The first kappa shape index (κ1) is 18.3. The predicted octanol–water partition coefficient (Wildman–Crippen LogP) is 1.83. The van der Waals surface area contributed by atoms with Gasteiger partial charge in [0.05, 0.1) is 12.2 Å². The summed E-state index contributed by atoms with van der Waals surface area (Å²) < 4.78 is 0. The first-order valence-electron chi connectivity index (χ1n) is 9.25. The summed E-state index contributed by atoms with van der Waals surface area (Å²) in [7, 11) is 2.18. The normalized spacial score (nSPS) is 23.9. The van der Waals surface area contributed by atoms with Gasteiger partial charge in [0.2, 0.25) is 0 Å². The van der Waals surface area contributed by atoms with Gasteiger partial charge in [-0.25, -0.2) is 4.98 Å². The highest BCUT2D eigenvalue weighted by molar-refractivity contribution is 7.09. The third kappa shape index (κ3) is 4.55. The van der Waals surface area contributed by atoms with Gasteiger partial charge in [0.15, 0.2) is 0 Å². The van der Waals surface area contributed by atoms with Crippen LogP contribution in [0.5, 0.6) is 0 Å². The minimum absolute atomic E-state index is 0.686. The van der Waals surface area contributed by atoms with Gasteiger partial charge in [-0.2, -0.15) is 0 Å². The number of thiazole rings is 1. The van der Waals surface area contributed by atoms with Crippen molar-refractivity contribution in [3.8, 4) is 0 Å². The fraction of sp³-hybridized carbons (Fsp3) is 0.833. The summed E-state index contributed by atoms with van der Waals surface area (Å²) in [6.07, 6.45) is 1.61. The Hall–Kier alpha value is -0.530. The van der Waals surface area contributed by atoms with Crippen molar-refractivity contribution >= 4 is 11.3 Å². The van der Waals surface area contributed by atoms with Crippen molar-refractivity contribution < 1.29 is 5.11 Å². The number of hydrogen-bond acceptors (Lipinski definition) is 6. The molecule has 3 heterocycles. The molecule has 5 nitrogen and oxygen atoms in total. The van der Waals surface area contributed by atoms with Crippen LogP contribution in [0.2, 0.25) is 0 Å². The Kier molecular flexibility index (Phi) is 5.93. The summed E-state index contributed by atoms with van der Waals surface area (Å²) in [5.41, 5.74) is 0.186. The van der Waals surface area contributed by atoms with E-state index in [-0.39, 0.29) is 0 Å². The number of likely N-dealkylation sites (tertiary alicyclic amines) is 1. The highest BCUT2D eigenvalue weighted by Gasteiger charge is 2.36. The SMILES string of the molecule is CC(C)CN1CCC(O)(c2csc(CN3CCN(C)CC3)n2)CC1. The molecular weight excluding hydrogens is 320 g/mol. The third-order valence-electron chi connectivity index (χ3n) is 5.29. The highest BCUT2D eigenvalue weighted by Crippen LogP contribution is 2.33. The molecule has 24 heavy (non-hydrogen) atoms. The van der Waals surface area contributed by atoms with Crippen molar-refractivity contribution in [1.29, 1.82) is 0 Å². The van der Waals surface area contributed by atoms with Crippen LogP contribution < -0.4 is 0 Å². The average Bonchev–Trinajstić information content (AvgIpc) is 3.01. The van der Waals surface area contributed by atoms with E-state index in [1.165, 1.54) is 0 Å². The molecule has 2 aliphatic heterocycles. The number of piperidine rings is 1. The zero-order chi connectivity index (χ0) is 17.2. The molecule has 0 bridgehead atoms. The lowest BCUT2D eigenvalue weighted by atomic mass is 9.88. The van der Waals surface area contributed by atoms with Crippen LogP contribution in [-0.2, 0) is 12.1 Å². The molecule has 0 radical (unpaired) electrons. The molecule has 1 N–H and O–H groups in total. The number of rotatable bonds is 5. The van der Waals surface area contributed by atoms with E-state index >= 15 is 0 Å². The minimum Gasteiger partial charge on any atom is -0.383 e. The first-order valence-corrected chi connectivity index (χ1v) is 10.1. The summed E-state index contributed by atoms with van der Waals surface area (Å²) in [5, 5.41) is 14.3. The van der Waals surface area contributed by atoms with Crippen molar-refractivity contribution in [2.75, 3.05) is 52.9 Å². The molecule has 0 saturated carbocycles. The number of aromatic nitrogens is 1. The topological polar surface area (TPSA) is 42.8 Å². The van der Waals surface area contributed by atoms with Crippen LogP contribution in [-0.4, -0.2) is 77.7 Å². The van der Waals surface area contributed by atoms with Crippen LogP contribution in [0.25, 0.3) is 0 Å². The standard InChI is InChI=1S/C18H32N4OS/c1-15(2)12-21-6-4-18(23,5-7-21)16-14-24-17(19-16)13-22-10-8-20(3)9-11-22/h14-15,23H,4-13H2,1-3H3. The lowest BCUT2D eigenvalue weighted by molar-refractivity contribution is -0.0310. The van der Waals surface area contributed by atoms with Gasteiger partial charge in [0.1, 0.15) is 10.6 Å². The van der Waals surface area contributed by atoms with E-state index in [9.17, 15) is 5.11 Å². The lowest BCUT2D eigenvalue weighted by Gasteiger charge is -2.38. The third-order valence-corrected chi connectivity index (χ3v) is 6.12. The van der Waals surface area contributed by atoms with E-state index in [4.69, 9.17) is 4.98 Å². The molecule has 0 unspecified atom stereocenters. The lowest BCUT2D eigenvalue weighted by Crippen LogP contribution is -2.44. The predicted molar refractivity (Wildman–Crippen MR) is 99.3 cm³/mol. The largest absolute Gasteiger partial charge is 0.383 e. The van der Waals surface area contributed by atoms with Crippen LogP contribution in [0, 0.1) is 5.92 Å². The van der Waals surface area contributed by atoms with Gasteiger partial charge in [-0.05, 0) is 25.8 Å². The second-order valence-corrected chi connectivity index (χ2v) is 8.87. The quantitative estimate of drug-likeness (QED) is 0.876. The molecule has 6 heteroatoms. The molecule has 3 rings (SSSR count). The zero-order valence-corrected chi connectivity index (χ0v) is 16.2. The number of aliphatic hydroxyl groups is 1. The Morgan fingerprint density at radius 3 is 2.42 bits per heavy atom. The van der Waals surface area contributed by atoms with Gasteiger partial charge in [0, 0.05) is 51.2 Å². The molecule has 1 aromatic rings. The fourth-order valence-electron chi connectivity index (χ4n) is 3.67. The van der Waals surface area contributed by atoms with Crippen molar-refractivity contribution in [3.63, 3.8) is 0 Å². The Morgan fingerprint density at radius 1 is 1.12 bits per heavy atom. The Bertz CT molecular complexity index is 517. The summed E-state index contributed by atoms with van der Waals surface area (Å²) in [6, 6.07) is 0. The van der Waals surface area contributed by atoms with Crippen molar-refractivity contribution in [2.24, 2.45) is 5.92 Å². The molecule has 2 saturated heterocycles. The molecule has 0 spiro atoms. The number of piperazine rings is 1. The molecule has 0 aliphatic carbocycles. The van der Waals surface area contributed by atoms with Gasteiger partial charge in [-0.3, -0.25) is 4.90 Å². The molecule has 2 fully saturated rings. The zero-order valence-electron chi connectivity index (χ0n) is 15.4. The van der Waals surface area contributed by atoms with Crippen LogP contribution >= 0.6 is 11.3 Å². The van der Waals surface area contributed by atoms with E-state index in [0.717, 1.165) is 75.9 Å². The van der Waals surface area contributed by atoms with Gasteiger partial charge < -0.3 is 14.9 Å². The van der Waals surface area contributed by atoms with Gasteiger partial charge >= 0.3 is 0 Å². The monoisotopic (exact) mass is 352 g/mol. The fourth-order valence-corrected chi connectivity index (χ4v) is 4.60. The van der Waals surface area contributed by atoms with Crippen molar-refractivity contribution in [1.82, 2.24) is 19.7 Å². The van der Waals surface area contributed by atoms with Crippen LogP contribution in [0.15, 0.2) is 5.38 Å². The maximum Gasteiger partial charge on any atom is 0.110 e. The number of likely N-dealkylation sites (N-methyl/N-ethyl adjacent to an activating group) is 1. The second-order valence-electron chi connectivity index (χ2n) is 7.93. The molecule has 136 valence electrons. The van der Waals surface area contributed by atoms with Gasteiger partial charge in [0.25, 0.3) is 0 Å². The van der Waals surface area contributed by atoms with Gasteiger partial charge in [-0.1, -0.05) is 13.8 Å². The van der Waals surface area contributed by atoms with E-state index in [0.29, 0.717) is 5.92 Å². The molecular formula is C18H32N4OS. The average molecular weight is 353 g/mol. The molecule has 0 amide bonds. The molecule has 0 atom stereocenters. The maximum atomic E-state index is 11.0. The van der Waals surface area contributed by atoms with E-state index in [2.05, 4.69) is 41.0 Å². The first-order chi connectivity index (χ1) is 11.4. The van der Waals surface area contributed by atoms with E-state index in [1.807, 2.05) is 0 Å². The van der Waals surface area contributed by atoms with E-state index < -0.39 is 5.60 Å². The Labute approximate surface area is 150 Å². The second kappa shape index (κ2) is 7.79. The number of hydrogen-bond donors (Lipinski definition) is 1. The van der Waals surface area contributed by atoms with E-state index in [1.54, 1.807) is 11.3 Å². The van der Waals surface area contributed by atoms with Crippen LogP contribution in [0.1, 0.15) is 37.4 Å². The summed E-state index contributed by atoms with van der Waals surface area (Å²) >= 11 is 1.71. The summed E-state index contributed by atoms with van der Waals surface area (Å²) in [6.45, 7) is 13.0. The smallest absolute Gasteiger partial charge is 0.110 e. The number of nitrogens with zero attached hydrogens (tertiary/aromatic N) is 4. The Morgan fingerprint density at radius 2 is 1.79 bits per heavy atom. The highest BCUT2D eigenvalue weighted by atomic mass is 32.1. The molecule has 2 aliphatic rings. The summed E-state index contributed by atoms with van der Waals surface area (Å²) in [4.78, 5) is 12.1. The molecule has 1 aromatic heterocycles.